The van der Waals surface area contributed by atoms with Gasteiger partial charge in [0, 0.05) is 9.50 Å². The summed E-state index contributed by atoms with van der Waals surface area (Å²) in [6.07, 6.45) is 4.27. The Hall–Kier alpha value is -2.36. The lowest BCUT2D eigenvalue weighted by Gasteiger charge is -2.14. The Labute approximate surface area is 212 Å². The van der Waals surface area contributed by atoms with Crippen LogP contribution in [0.1, 0.15) is 48.5 Å². The van der Waals surface area contributed by atoms with E-state index in [1.807, 2.05) is 6.92 Å². The lowest BCUT2D eigenvalue weighted by Crippen LogP contribution is -2.49. The van der Waals surface area contributed by atoms with Crippen LogP contribution in [-0.4, -0.2) is 30.1 Å². The van der Waals surface area contributed by atoms with Crippen molar-refractivity contribution in [3.63, 3.8) is 0 Å². The SMILES string of the molecule is CCCCCCOc1ccc(Br)cc1C(=O)NC(=S)NNC(=O)COc1ccc(Cl)cc1C. The largest absolute Gasteiger partial charge is 0.493 e. The Morgan fingerprint density at radius 1 is 1.03 bits per heavy atom. The number of halogens is 2. The molecule has 0 saturated carbocycles. The summed E-state index contributed by atoms with van der Waals surface area (Å²) in [5.74, 6) is 0.0761. The van der Waals surface area contributed by atoms with Crippen LogP contribution in [0.4, 0.5) is 0 Å². The first kappa shape index (κ1) is 26.9. The molecule has 0 spiro atoms. The Balaban J connectivity index is 1.82. The lowest BCUT2D eigenvalue weighted by molar-refractivity contribution is -0.123. The van der Waals surface area contributed by atoms with Gasteiger partial charge in [0.15, 0.2) is 11.7 Å². The second kappa shape index (κ2) is 14.0. The zero-order valence-corrected chi connectivity index (χ0v) is 21.7. The Bertz CT molecular complexity index is 990. The minimum atomic E-state index is -0.473. The molecule has 7 nitrogen and oxygen atoms in total. The highest BCUT2D eigenvalue weighted by Gasteiger charge is 2.15. The molecular weight excluding hydrogens is 530 g/mol. The molecule has 0 aliphatic carbocycles. The highest BCUT2D eigenvalue weighted by Crippen LogP contribution is 2.24. The third-order valence-corrected chi connectivity index (χ3v) is 5.41. The molecule has 0 bridgehead atoms. The van der Waals surface area contributed by atoms with Crippen molar-refractivity contribution in [2.75, 3.05) is 13.2 Å². The van der Waals surface area contributed by atoms with Gasteiger partial charge in [0.05, 0.1) is 12.2 Å². The van der Waals surface area contributed by atoms with Crippen molar-refractivity contribution in [1.82, 2.24) is 16.2 Å². The first-order valence-corrected chi connectivity index (χ1v) is 12.1. The number of carbonyl (C=O) groups excluding carboxylic acids is 2. The molecule has 0 heterocycles. The molecule has 33 heavy (non-hydrogen) atoms. The number of ether oxygens (including phenoxy) is 2. The van der Waals surface area contributed by atoms with Crippen molar-refractivity contribution < 1.29 is 19.1 Å². The minimum absolute atomic E-state index is 0.0649. The highest BCUT2D eigenvalue weighted by molar-refractivity contribution is 9.10. The lowest BCUT2D eigenvalue weighted by atomic mass is 10.2. The second-order valence-electron chi connectivity index (χ2n) is 7.20. The van der Waals surface area contributed by atoms with Gasteiger partial charge < -0.3 is 9.47 Å². The fourth-order valence-electron chi connectivity index (χ4n) is 2.80. The van der Waals surface area contributed by atoms with Gasteiger partial charge in [-0.25, -0.2) is 0 Å². The molecule has 0 fully saturated rings. The fourth-order valence-corrected chi connectivity index (χ4v) is 3.53. The number of hydrogen-bond donors (Lipinski definition) is 3. The number of amides is 2. The minimum Gasteiger partial charge on any atom is -0.493 e. The van der Waals surface area contributed by atoms with Crippen LogP contribution in [0.15, 0.2) is 40.9 Å². The Morgan fingerprint density at radius 3 is 2.52 bits per heavy atom. The van der Waals surface area contributed by atoms with E-state index < -0.39 is 11.8 Å². The molecule has 0 unspecified atom stereocenters. The van der Waals surface area contributed by atoms with Gasteiger partial charge in [0.1, 0.15) is 11.5 Å². The van der Waals surface area contributed by atoms with Gasteiger partial charge in [-0.1, -0.05) is 53.7 Å². The average molecular weight is 557 g/mol. The van der Waals surface area contributed by atoms with E-state index in [1.54, 1.807) is 36.4 Å². The average Bonchev–Trinajstić information content (AvgIpc) is 2.77. The van der Waals surface area contributed by atoms with Crippen LogP contribution < -0.4 is 25.6 Å². The molecule has 10 heteroatoms. The second-order valence-corrected chi connectivity index (χ2v) is 8.96. The van der Waals surface area contributed by atoms with Crippen molar-refractivity contribution >= 4 is 56.7 Å². The Kier molecular flexibility index (Phi) is 11.4. The summed E-state index contributed by atoms with van der Waals surface area (Å²) in [7, 11) is 0. The van der Waals surface area contributed by atoms with Gasteiger partial charge in [0.25, 0.3) is 11.8 Å². The number of unbranched alkanes of at least 4 members (excludes halogenated alkanes) is 3. The first-order chi connectivity index (χ1) is 15.8. The van der Waals surface area contributed by atoms with Crippen molar-refractivity contribution in [2.45, 2.75) is 39.5 Å². The highest BCUT2D eigenvalue weighted by atomic mass is 79.9. The predicted octanol–water partition coefficient (Wildman–Crippen LogP) is 5.08. The van der Waals surface area contributed by atoms with Gasteiger partial charge in [-0.2, -0.15) is 0 Å². The smallest absolute Gasteiger partial charge is 0.276 e. The molecule has 0 aromatic heterocycles. The fraction of sp³-hybridized carbons (Fsp3) is 0.348. The molecule has 2 rings (SSSR count). The van der Waals surface area contributed by atoms with Crippen molar-refractivity contribution in [1.29, 1.82) is 0 Å². The number of hydrazine groups is 1. The summed E-state index contributed by atoms with van der Waals surface area (Å²) in [5, 5.41) is 3.05. The number of nitrogens with one attached hydrogen (secondary N) is 3. The number of aryl methyl sites for hydroxylation is 1. The van der Waals surface area contributed by atoms with E-state index in [0.717, 1.165) is 35.7 Å². The number of benzene rings is 2. The van der Waals surface area contributed by atoms with Crippen LogP contribution >= 0.6 is 39.7 Å². The quantitative estimate of drug-likeness (QED) is 0.215. The third kappa shape index (κ3) is 9.57. The predicted molar refractivity (Wildman–Crippen MR) is 137 cm³/mol. The maximum atomic E-state index is 12.7. The molecule has 2 aromatic rings. The molecule has 0 aliphatic rings. The number of hydrogen-bond acceptors (Lipinski definition) is 5. The normalized spacial score (nSPS) is 10.3. The Morgan fingerprint density at radius 2 is 1.79 bits per heavy atom. The van der Waals surface area contributed by atoms with Crippen molar-refractivity contribution in [3.05, 3.63) is 57.0 Å². The molecule has 0 aliphatic heterocycles. The monoisotopic (exact) mass is 555 g/mol. The third-order valence-electron chi connectivity index (χ3n) is 4.48. The first-order valence-electron chi connectivity index (χ1n) is 10.5. The van der Waals surface area contributed by atoms with Gasteiger partial charge in [-0.05, 0) is 67.5 Å². The van der Waals surface area contributed by atoms with Crippen LogP contribution in [0.3, 0.4) is 0 Å². The zero-order chi connectivity index (χ0) is 24.2. The summed E-state index contributed by atoms with van der Waals surface area (Å²) in [4.78, 5) is 24.7. The summed E-state index contributed by atoms with van der Waals surface area (Å²) in [6, 6.07) is 10.3. The zero-order valence-electron chi connectivity index (χ0n) is 18.5. The molecular formula is C23H27BrClN3O4S. The van der Waals surface area contributed by atoms with Gasteiger partial charge >= 0.3 is 0 Å². The molecule has 0 atom stereocenters. The summed E-state index contributed by atoms with van der Waals surface area (Å²) in [6.45, 7) is 4.25. The topological polar surface area (TPSA) is 88.7 Å². The molecule has 2 amide bonds. The van der Waals surface area contributed by atoms with Gasteiger partial charge in [-0.15, -0.1) is 0 Å². The standard InChI is InChI=1S/C23H27BrClN3O4S/c1-3-4-5-6-11-31-20-9-7-16(24)13-18(20)22(30)26-23(33)28-27-21(29)14-32-19-10-8-17(25)12-15(19)2/h7-10,12-13H,3-6,11,14H2,1-2H3,(H,27,29)(H2,26,28,30,33). The van der Waals surface area contributed by atoms with Crippen LogP contribution in [0.25, 0.3) is 0 Å². The van der Waals surface area contributed by atoms with E-state index in [4.69, 9.17) is 33.3 Å². The van der Waals surface area contributed by atoms with E-state index in [-0.39, 0.29) is 11.7 Å². The summed E-state index contributed by atoms with van der Waals surface area (Å²) in [5.41, 5.74) is 6.01. The molecule has 0 saturated heterocycles. The maximum absolute atomic E-state index is 12.7. The molecule has 0 radical (unpaired) electrons. The van der Waals surface area contributed by atoms with Crippen LogP contribution in [0.2, 0.25) is 5.02 Å². The van der Waals surface area contributed by atoms with E-state index >= 15 is 0 Å². The summed E-state index contributed by atoms with van der Waals surface area (Å²) < 4.78 is 12.0. The van der Waals surface area contributed by atoms with E-state index in [1.165, 1.54) is 0 Å². The van der Waals surface area contributed by atoms with Crippen molar-refractivity contribution in [2.24, 2.45) is 0 Å². The maximum Gasteiger partial charge on any atom is 0.276 e. The van der Waals surface area contributed by atoms with Gasteiger partial charge in [-0.3, -0.25) is 25.8 Å². The van der Waals surface area contributed by atoms with Crippen LogP contribution in [-0.2, 0) is 4.79 Å². The number of thiocarbonyl (C=S) groups is 1. The van der Waals surface area contributed by atoms with Crippen molar-refractivity contribution in [3.8, 4) is 11.5 Å². The van der Waals surface area contributed by atoms with Crippen LogP contribution in [0.5, 0.6) is 11.5 Å². The number of rotatable bonds is 10. The molecule has 3 N–H and O–H groups in total. The molecule has 178 valence electrons. The van der Waals surface area contributed by atoms with E-state index in [2.05, 4.69) is 39.0 Å². The van der Waals surface area contributed by atoms with E-state index in [0.29, 0.717) is 28.7 Å². The molecule has 2 aromatic carbocycles. The number of carbonyl (C=O) groups is 2. The summed E-state index contributed by atoms with van der Waals surface area (Å²) >= 11 is 14.4. The van der Waals surface area contributed by atoms with E-state index in [9.17, 15) is 9.59 Å². The van der Waals surface area contributed by atoms with Crippen LogP contribution in [0, 0.1) is 6.92 Å². The van der Waals surface area contributed by atoms with Gasteiger partial charge in [0.2, 0.25) is 0 Å².